The summed E-state index contributed by atoms with van der Waals surface area (Å²) in [6, 6.07) is 8.09. The first-order valence-corrected chi connectivity index (χ1v) is 7.94. The molecule has 21 heavy (non-hydrogen) atoms. The van der Waals surface area contributed by atoms with Gasteiger partial charge in [-0.1, -0.05) is 31.5 Å². The fourth-order valence-corrected chi connectivity index (χ4v) is 2.70. The van der Waals surface area contributed by atoms with Crippen LogP contribution in [0.15, 0.2) is 24.3 Å². The molecule has 3 N–H and O–H groups in total. The second-order valence-electron chi connectivity index (χ2n) is 4.93. The molecule has 0 fully saturated rings. The summed E-state index contributed by atoms with van der Waals surface area (Å²) in [6.07, 6.45) is 2.78. The summed E-state index contributed by atoms with van der Waals surface area (Å²) in [5.41, 5.74) is 7.07. The number of benzene rings is 1. The lowest BCUT2D eigenvalue weighted by Crippen LogP contribution is -2.28. The topological polar surface area (TPSA) is 73.1 Å². The van der Waals surface area contributed by atoms with E-state index in [9.17, 15) is 0 Å². The summed E-state index contributed by atoms with van der Waals surface area (Å²) in [5.74, 6) is 1.67. The molecule has 0 saturated heterocycles. The second-order valence-corrected chi connectivity index (χ2v) is 5.69. The molecule has 1 heterocycles. The molecule has 114 valence electrons. The zero-order valence-electron chi connectivity index (χ0n) is 12.5. The Balaban J connectivity index is 1.94. The molecule has 0 saturated carbocycles. The third-order valence-electron chi connectivity index (χ3n) is 3.18. The van der Waals surface area contributed by atoms with Crippen molar-refractivity contribution >= 4 is 16.7 Å². The van der Waals surface area contributed by atoms with Crippen LogP contribution in [0.2, 0.25) is 0 Å². The van der Waals surface area contributed by atoms with Crippen LogP contribution in [0.1, 0.15) is 31.2 Å². The molecule has 2 rings (SSSR count). The smallest absolute Gasteiger partial charge is 0.202 e. The van der Waals surface area contributed by atoms with Crippen molar-refractivity contribution < 1.29 is 4.74 Å². The van der Waals surface area contributed by atoms with Gasteiger partial charge in [-0.2, -0.15) is 4.37 Å². The molecule has 0 aliphatic carbocycles. The van der Waals surface area contributed by atoms with Crippen LogP contribution >= 0.6 is 11.5 Å². The van der Waals surface area contributed by atoms with Crippen LogP contribution in [0, 0.1) is 0 Å². The van der Waals surface area contributed by atoms with E-state index in [0.29, 0.717) is 6.42 Å². The minimum absolute atomic E-state index is 0.163. The van der Waals surface area contributed by atoms with E-state index in [0.717, 1.165) is 41.7 Å². The highest BCUT2D eigenvalue weighted by Gasteiger charge is 2.09. The van der Waals surface area contributed by atoms with Gasteiger partial charge in [0.05, 0.1) is 7.11 Å². The van der Waals surface area contributed by atoms with Crippen LogP contribution in [0.5, 0.6) is 5.75 Å². The van der Waals surface area contributed by atoms with Crippen molar-refractivity contribution in [3.05, 3.63) is 35.7 Å². The van der Waals surface area contributed by atoms with E-state index in [1.807, 2.05) is 24.3 Å². The number of ether oxygens (including phenoxy) is 1. The fourth-order valence-electron chi connectivity index (χ4n) is 2.11. The Kier molecular flexibility index (Phi) is 5.95. The molecule has 0 spiro atoms. The molecule has 0 aliphatic heterocycles. The Morgan fingerprint density at radius 3 is 2.95 bits per heavy atom. The monoisotopic (exact) mass is 306 g/mol. The van der Waals surface area contributed by atoms with Gasteiger partial charge in [-0.3, -0.25) is 0 Å². The molecule has 0 amide bonds. The lowest BCUT2D eigenvalue weighted by molar-refractivity contribution is 0.410. The predicted octanol–water partition coefficient (Wildman–Crippen LogP) is 2.68. The van der Waals surface area contributed by atoms with E-state index in [1.165, 1.54) is 11.5 Å². The van der Waals surface area contributed by atoms with Gasteiger partial charge >= 0.3 is 0 Å². The number of nitrogens with two attached hydrogens (primary N) is 1. The molecule has 0 bridgehead atoms. The Labute approximate surface area is 129 Å². The van der Waals surface area contributed by atoms with Crippen LogP contribution in [0.25, 0.3) is 0 Å². The van der Waals surface area contributed by atoms with Crippen LogP contribution in [0.3, 0.4) is 0 Å². The van der Waals surface area contributed by atoms with Crippen LogP contribution in [-0.4, -0.2) is 29.1 Å². The molecule has 0 radical (unpaired) electrons. The van der Waals surface area contributed by atoms with Gasteiger partial charge in [-0.25, -0.2) is 4.98 Å². The van der Waals surface area contributed by atoms with Gasteiger partial charge in [-0.05, 0) is 12.5 Å². The van der Waals surface area contributed by atoms with Crippen LogP contribution in [-0.2, 0) is 6.42 Å². The van der Waals surface area contributed by atoms with Crippen LogP contribution < -0.4 is 15.8 Å². The Morgan fingerprint density at radius 2 is 2.19 bits per heavy atom. The summed E-state index contributed by atoms with van der Waals surface area (Å²) in [5, 5.41) is 4.08. The van der Waals surface area contributed by atoms with E-state index in [4.69, 9.17) is 10.5 Å². The third-order valence-corrected chi connectivity index (χ3v) is 3.89. The minimum atomic E-state index is 0.163. The maximum atomic E-state index is 5.98. The van der Waals surface area contributed by atoms with Crippen molar-refractivity contribution in [3.8, 4) is 5.75 Å². The zero-order chi connectivity index (χ0) is 15.1. The predicted molar refractivity (Wildman–Crippen MR) is 87.1 cm³/mol. The highest BCUT2D eigenvalue weighted by atomic mass is 32.1. The van der Waals surface area contributed by atoms with Gasteiger partial charge in [0.15, 0.2) is 0 Å². The number of hydrogen-bond donors (Lipinski definition) is 2. The number of methoxy groups -OCH3 is 1. The summed E-state index contributed by atoms with van der Waals surface area (Å²) < 4.78 is 9.73. The summed E-state index contributed by atoms with van der Waals surface area (Å²) >= 11 is 1.37. The number of hydrogen-bond acceptors (Lipinski definition) is 6. The Hall–Kier alpha value is -1.66. The van der Waals surface area contributed by atoms with Crippen molar-refractivity contribution in [3.63, 3.8) is 0 Å². The first-order chi connectivity index (χ1) is 10.2. The lowest BCUT2D eigenvalue weighted by Gasteiger charge is -2.09. The SMILES string of the molecule is CCCC(N)CNc1nc(Cc2ccccc2OC)ns1. The first-order valence-electron chi connectivity index (χ1n) is 7.16. The van der Waals surface area contributed by atoms with E-state index in [2.05, 4.69) is 21.6 Å². The van der Waals surface area contributed by atoms with E-state index >= 15 is 0 Å². The van der Waals surface area contributed by atoms with E-state index < -0.39 is 0 Å². The molecule has 1 unspecified atom stereocenters. The summed E-state index contributed by atoms with van der Waals surface area (Å²) in [6.45, 7) is 2.87. The number of para-hydroxylation sites is 1. The molecule has 6 heteroatoms. The second kappa shape index (κ2) is 7.95. The number of nitrogens with one attached hydrogen (secondary N) is 1. The number of anilines is 1. The third kappa shape index (κ3) is 4.68. The van der Waals surface area contributed by atoms with Crippen molar-refractivity contribution in [2.24, 2.45) is 5.73 Å². The van der Waals surface area contributed by atoms with Crippen LogP contribution in [0.4, 0.5) is 5.13 Å². The molecule has 1 aromatic heterocycles. The van der Waals surface area contributed by atoms with Crippen molar-refractivity contribution in [2.45, 2.75) is 32.2 Å². The van der Waals surface area contributed by atoms with Gasteiger partial charge in [0.1, 0.15) is 11.6 Å². The molecule has 0 aliphatic rings. The van der Waals surface area contributed by atoms with Gasteiger partial charge in [0.25, 0.3) is 0 Å². The van der Waals surface area contributed by atoms with E-state index in [1.54, 1.807) is 7.11 Å². The highest BCUT2D eigenvalue weighted by Crippen LogP contribution is 2.21. The average molecular weight is 306 g/mol. The summed E-state index contributed by atoms with van der Waals surface area (Å²) in [7, 11) is 1.68. The fraction of sp³-hybridized carbons (Fsp3) is 0.467. The van der Waals surface area contributed by atoms with Crippen molar-refractivity contribution in [1.82, 2.24) is 9.36 Å². The Bertz CT molecular complexity index is 558. The first kappa shape index (κ1) is 15.7. The highest BCUT2D eigenvalue weighted by molar-refractivity contribution is 7.09. The maximum Gasteiger partial charge on any atom is 0.202 e. The quantitative estimate of drug-likeness (QED) is 0.784. The summed E-state index contributed by atoms with van der Waals surface area (Å²) in [4.78, 5) is 4.50. The molecular weight excluding hydrogens is 284 g/mol. The number of nitrogens with zero attached hydrogens (tertiary/aromatic N) is 2. The van der Waals surface area contributed by atoms with Gasteiger partial charge in [0.2, 0.25) is 5.13 Å². The minimum Gasteiger partial charge on any atom is -0.496 e. The number of rotatable bonds is 8. The van der Waals surface area contributed by atoms with Gasteiger partial charge in [0, 0.05) is 36.1 Å². The van der Waals surface area contributed by atoms with Gasteiger partial charge in [-0.15, -0.1) is 0 Å². The molecular formula is C15H22N4OS. The van der Waals surface area contributed by atoms with Crippen molar-refractivity contribution in [1.29, 1.82) is 0 Å². The van der Waals surface area contributed by atoms with E-state index in [-0.39, 0.29) is 6.04 Å². The average Bonchev–Trinajstić information content (AvgIpc) is 2.94. The largest absolute Gasteiger partial charge is 0.496 e. The zero-order valence-corrected chi connectivity index (χ0v) is 13.3. The van der Waals surface area contributed by atoms with Gasteiger partial charge < -0.3 is 15.8 Å². The molecule has 5 nitrogen and oxygen atoms in total. The lowest BCUT2D eigenvalue weighted by atomic mass is 10.1. The Morgan fingerprint density at radius 1 is 1.38 bits per heavy atom. The molecule has 1 aromatic carbocycles. The molecule has 1 atom stereocenters. The van der Waals surface area contributed by atoms with Crippen molar-refractivity contribution in [2.75, 3.05) is 19.0 Å². The maximum absolute atomic E-state index is 5.98. The molecule has 2 aromatic rings. The standard InChI is InChI=1S/C15H22N4OS/c1-3-6-12(16)10-17-15-18-14(19-21-15)9-11-7-4-5-8-13(11)20-2/h4-5,7-8,12H,3,6,9-10,16H2,1-2H3,(H,17,18,19). The normalized spacial score (nSPS) is 12.1. The number of aromatic nitrogens is 2.